The molecule has 170 valence electrons. The molecule has 0 atom stereocenters. The molecular formula is C25H19N3O5S. The number of ether oxygens (including phenoxy) is 1. The van der Waals surface area contributed by atoms with Gasteiger partial charge in [-0.1, -0.05) is 30.0 Å². The molecule has 4 aromatic rings. The second-order valence-electron chi connectivity index (χ2n) is 7.04. The van der Waals surface area contributed by atoms with Crippen molar-refractivity contribution in [2.24, 2.45) is 0 Å². The van der Waals surface area contributed by atoms with Crippen LogP contribution >= 0.6 is 0 Å². The SMILES string of the molecule is CCOc1ccc2cccnc2c1S(=O)(=O)Nc1ccccc1C#Cc1ccc(C(=O)O)nc1. The van der Waals surface area contributed by atoms with E-state index in [4.69, 9.17) is 9.84 Å². The van der Waals surface area contributed by atoms with E-state index in [-0.39, 0.29) is 28.6 Å². The predicted octanol–water partition coefficient (Wildman–Crippen LogP) is 3.93. The lowest BCUT2D eigenvalue weighted by Gasteiger charge is -2.15. The number of aromatic carboxylic acids is 1. The van der Waals surface area contributed by atoms with Gasteiger partial charge in [0.05, 0.1) is 17.8 Å². The maximum absolute atomic E-state index is 13.5. The highest BCUT2D eigenvalue weighted by molar-refractivity contribution is 7.93. The third-order valence-electron chi connectivity index (χ3n) is 4.76. The van der Waals surface area contributed by atoms with Gasteiger partial charge in [0.25, 0.3) is 10.0 Å². The number of para-hydroxylation sites is 1. The quantitative estimate of drug-likeness (QED) is 0.407. The van der Waals surface area contributed by atoms with Crippen molar-refractivity contribution in [2.45, 2.75) is 11.8 Å². The van der Waals surface area contributed by atoms with Gasteiger partial charge in [-0.3, -0.25) is 9.71 Å². The lowest BCUT2D eigenvalue weighted by Crippen LogP contribution is -2.16. The zero-order chi connectivity index (χ0) is 24.1. The fourth-order valence-corrected chi connectivity index (χ4v) is 4.63. The van der Waals surface area contributed by atoms with Crippen LogP contribution in [-0.2, 0) is 10.0 Å². The van der Waals surface area contributed by atoms with Crippen LogP contribution in [0.25, 0.3) is 10.9 Å². The van der Waals surface area contributed by atoms with Crippen LogP contribution in [0.15, 0.2) is 78.0 Å². The summed E-state index contributed by atoms with van der Waals surface area (Å²) in [4.78, 5) is 19.0. The molecule has 0 aliphatic carbocycles. The normalized spacial score (nSPS) is 10.9. The molecule has 9 heteroatoms. The number of fused-ring (bicyclic) bond motifs is 1. The standard InChI is InChI=1S/C25H19N3O5S/c1-2-33-22-14-12-19-7-5-15-26-23(19)24(22)34(31,32)28-20-8-4-3-6-18(20)11-9-17-10-13-21(25(29)30)27-16-17/h3-8,10,12-16,28H,2H2,1H3,(H,29,30). The molecule has 0 bridgehead atoms. The number of carboxylic acids is 1. The second-order valence-corrected chi connectivity index (χ2v) is 8.66. The van der Waals surface area contributed by atoms with E-state index in [1.54, 1.807) is 55.5 Å². The number of carboxylic acid groups (broad SMARTS) is 1. The summed E-state index contributed by atoms with van der Waals surface area (Å²) >= 11 is 0. The van der Waals surface area contributed by atoms with Gasteiger partial charge in [0.15, 0.2) is 4.90 Å². The first kappa shape index (κ1) is 22.8. The van der Waals surface area contributed by atoms with Crippen molar-refractivity contribution >= 4 is 32.6 Å². The van der Waals surface area contributed by atoms with E-state index < -0.39 is 16.0 Å². The molecule has 0 aliphatic heterocycles. The van der Waals surface area contributed by atoms with Crippen molar-refractivity contribution in [3.63, 3.8) is 0 Å². The maximum atomic E-state index is 13.5. The van der Waals surface area contributed by atoms with Crippen LogP contribution in [-0.4, -0.2) is 36.1 Å². The zero-order valence-corrected chi connectivity index (χ0v) is 18.8. The number of hydrogen-bond donors (Lipinski definition) is 2. The first-order valence-electron chi connectivity index (χ1n) is 10.2. The Kier molecular flexibility index (Phi) is 6.43. The summed E-state index contributed by atoms with van der Waals surface area (Å²) in [6.07, 6.45) is 2.87. The maximum Gasteiger partial charge on any atom is 0.354 e. The Labute approximate surface area is 196 Å². The van der Waals surface area contributed by atoms with E-state index in [1.165, 1.54) is 24.5 Å². The smallest absolute Gasteiger partial charge is 0.354 e. The number of pyridine rings is 2. The van der Waals surface area contributed by atoms with E-state index in [0.29, 0.717) is 22.0 Å². The average molecular weight is 474 g/mol. The Morgan fingerprint density at radius 3 is 2.59 bits per heavy atom. The monoisotopic (exact) mass is 473 g/mol. The van der Waals surface area contributed by atoms with Crippen LogP contribution in [0.4, 0.5) is 5.69 Å². The average Bonchev–Trinajstić information content (AvgIpc) is 2.83. The van der Waals surface area contributed by atoms with Gasteiger partial charge in [-0.05, 0) is 49.4 Å². The molecule has 0 fully saturated rings. The van der Waals surface area contributed by atoms with Crippen LogP contribution in [0.1, 0.15) is 28.5 Å². The first-order chi connectivity index (χ1) is 16.4. The molecule has 0 aliphatic rings. The van der Waals surface area contributed by atoms with Crippen LogP contribution in [0.5, 0.6) is 5.75 Å². The van der Waals surface area contributed by atoms with E-state index in [9.17, 15) is 13.2 Å². The summed E-state index contributed by atoms with van der Waals surface area (Å²) in [7, 11) is -4.10. The molecular weight excluding hydrogens is 454 g/mol. The molecule has 8 nitrogen and oxygen atoms in total. The molecule has 34 heavy (non-hydrogen) atoms. The van der Waals surface area contributed by atoms with Crippen molar-refractivity contribution in [1.29, 1.82) is 0 Å². The number of hydrogen-bond acceptors (Lipinski definition) is 6. The van der Waals surface area contributed by atoms with Crippen molar-refractivity contribution in [2.75, 3.05) is 11.3 Å². The summed E-state index contributed by atoms with van der Waals surface area (Å²) in [6.45, 7) is 2.06. The van der Waals surface area contributed by atoms with Crippen LogP contribution in [0, 0.1) is 11.8 Å². The molecule has 0 radical (unpaired) electrons. The molecule has 0 amide bonds. The minimum atomic E-state index is -4.10. The Morgan fingerprint density at radius 2 is 1.85 bits per heavy atom. The molecule has 2 aromatic carbocycles. The van der Waals surface area contributed by atoms with Crippen LogP contribution in [0.3, 0.4) is 0 Å². The Balaban J connectivity index is 1.73. The molecule has 2 heterocycles. The molecule has 0 saturated heterocycles. The number of nitrogens with one attached hydrogen (secondary N) is 1. The predicted molar refractivity (Wildman–Crippen MR) is 127 cm³/mol. The fourth-order valence-electron chi connectivity index (χ4n) is 3.24. The van der Waals surface area contributed by atoms with Crippen molar-refractivity contribution in [1.82, 2.24) is 9.97 Å². The summed E-state index contributed by atoms with van der Waals surface area (Å²) in [5.41, 5.74) is 1.40. The number of aromatic nitrogens is 2. The minimum Gasteiger partial charge on any atom is -0.492 e. The third kappa shape index (κ3) is 4.82. The van der Waals surface area contributed by atoms with Gasteiger partial charge < -0.3 is 9.84 Å². The van der Waals surface area contributed by atoms with Gasteiger partial charge in [0.1, 0.15) is 11.4 Å². The summed E-state index contributed by atoms with van der Waals surface area (Å²) in [5.74, 6) is 4.87. The van der Waals surface area contributed by atoms with Gasteiger partial charge in [0.2, 0.25) is 0 Å². The van der Waals surface area contributed by atoms with Gasteiger partial charge in [-0.15, -0.1) is 0 Å². The van der Waals surface area contributed by atoms with Crippen LogP contribution < -0.4 is 9.46 Å². The number of nitrogens with zero attached hydrogens (tertiary/aromatic N) is 2. The zero-order valence-electron chi connectivity index (χ0n) is 18.0. The van der Waals surface area contributed by atoms with E-state index >= 15 is 0 Å². The highest BCUT2D eigenvalue weighted by Crippen LogP contribution is 2.33. The molecule has 4 rings (SSSR count). The lowest BCUT2D eigenvalue weighted by atomic mass is 10.1. The number of benzene rings is 2. The molecule has 0 unspecified atom stereocenters. The number of anilines is 1. The molecule has 0 spiro atoms. The Bertz CT molecular complexity index is 1540. The van der Waals surface area contributed by atoms with Crippen molar-refractivity contribution in [3.8, 4) is 17.6 Å². The van der Waals surface area contributed by atoms with E-state index in [1.807, 2.05) is 0 Å². The fraction of sp³-hybridized carbons (Fsp3) is 0.0800. The topological polar surface area (TPSA) is 118 Å². The van der Waals surface area contributed by atoms with E-state index in [2.05, 4.69) is 26.5 Å². The minimum absolute atomic E-state index is 0.0522. The summed E-state index contributed by atoms with van der Waals surface area (Å²) in [6, 6.07) is 16.5. The van der Waals surface area contributed by atoms with Gasteiger partial charge >= 0.3 is 5.97 Å². The number of rotatable bonds is 6. The van der Waals surface area contributed by atoms with Crippen LogP contribution in [0.2, 0.25) is 0 Å². The molecule has 2 aromatic heterocycles. The van der Waals surface area contributed by atoms with Crippen molar-refractivity contribution < 1.29 is 23.1 Å². The van der Waals surface area contributed by atoms with Gasteiger partial charge in [0, 0.05) is 28.9 Å². The number of carbonyl (C=O) groups is 1. The number of sulfonamides is 1. The lowest BCUT2D eigenvalue weighted by molar-refractivity contribution is 0.0690. The Morgan fingerprint density at radius 1 is 1.03 bits per heavy atom. The van der Waals surface area contributed by atoms with Crippen molar-refractivity contribution in [3.05, 3.63) is 89.9 Å². The molecule has 2 N–H and O–H groups in total. The highest BCUT2D eigenvalue weighted by atomic mass is 32.2. The largest absolute Gasteiger partial charge is 0.492 e. The first-order valence-corrected chi connectivity index (χ1v) is 11.7. The van der Waals surface area contributed by atoms with Gasteiger partial charge in [-0.2, -0.15) is 0 Å². The highest BCUT2D eigenvalue weighted by Gasteiger charge is 2.25. The third-order valence-corrected chi connectivity index (χ3v) is 6.18. The summed E-state index contributed by atoms with van der Waals surface area (Å²) < 4.78 is 35.2. The Hall–Kier alpha value is -4.42. The van der Waals surface area contributed by atoms with E-state index in [0.717, 1.165) is 0 Å². The second kappa shape index (κ2) is 9.60. The van der Waals surface area contributed by atoms with Gasteiger partial charge in [-0.25, -0.2) is 18.2 Å². The summed E-state index contributed by atoms with van der Waals surface area (Å²) in [5, 5.41) is 9.63. The molecule has 0 saturated carbocycles.